The molecule has 3 rings (SSSR count). The van der Waals surface area contributed by atoms with Crippen LogP contribution in [0.3, 0.4) is 0 Å². The average molecular weight is 331 g/mol. The highest BCUT2D eigenvalue weighted by atomic mass is 16.1. The number of aromatic amines is 1. The second-order valence-corrected chi connectivity index (χ2v) is 6.84. The van der Waals surface area contributed by atoms with E-state index in [0.29, 0.717) is 24.0 Å². The van der Waals surface area contributed by atoms with E-state index in [4.69, 9.17) is 5.73 Å². The number of hydrogen-bond acceptors (Lipinski definition) is 4. The van der Waals surface area contributed by atoms with E-state index in [-0.39, 0.29) is 23.4 Å². The molecule has 2 aromatic heterocycles. The molecule has 0 bridgehead atoms. The molecule has 2 heterocycles. The van der Waals surface area contributed by atoms with Gasteiger partial charge in [-0.3, -0.25) is 19.4 Å². The summed E-state index contributed by atoms with van der Waals surface area (Å²) in [6.45, 7) is 4.19. The zero-order chi connectivity index (χ0) is 17.4. The Bertz CT molecular complexity index is 836. The Morgan fingerprint density at radius 2 is 2.17 bits per heavy atom. The number of rotatable bonds is 4. The summed E-state index contributed by atoms with van der Waals surface area (Å²) in [6.07, 6.45) is 3.61. The highest BCUT2D eigenvalue weighted by molar-refractivity contribution is 5.80. The first-order chi connectivity index (χ1) is 11.4. The van der Waals surface area contributed by atoms with E-state index < -0.39 is 0 Å². The summed E-state index contributed by atoms with van der Waals surface area (Å²) in [6, 6.07) is 0.139. The monoisotopic (exact) mass is 331 g/mol. The van der Waals surface area contributed by atoms with Crippen molar-refractivity contribution in [3.8, 4) is 0 Å². The van der Waals surface area contributed by atoms with E-state index in [9.17, 15) is 9.59 Å². The standard InChI is InChI=1S/C17H25N5O2/c1-9-12(8-19-14(23)7-11-5-4-6-13(11)18)10(2)20-16-15(9)17(24)21-22(16)3/h11,13H,4-8,18H2,1-3H3,(H,19,23)(H,21,24)/t11-,13+/m0/s1. The molecule has 1 aliphatic carbocycles. The zero-order valence-corrected chi connectivity index (χ0v) is 14.5. The lowest BCUT2D eigenvalue weighted by atomic mass is 9.99. The molecule has 24 heavy (non-hydrogen) atoms. The molecular formula is C17H25N5O2. The molecule has 0 aromatic carbocycles. The van der Waals surface area contributed by atoms with Gasteiger partial charge in [-0.1, -0.05) is 6.42 Å². The molecule has 1 saturated carbocycles. The van der Waals surface area contributed by atoms with Crippen molar-refractivity contribution in [1.29, 1.82) is 0 Å². The minimum absolute atomic E-state index is 0.0122. The highest BCUT2D eigenvalue weighted by Crippen LogP contribution is 2.26. The molecule has 7 heteroatoms. The summed E-state index contributed by atoms with van der Waals surface area (Å²) < 4.78 is 1.63. The molecule has 0 unspecified atom stereocenters. The first-order valence-corrected chi connectivity index (χ1v) is 8.45. The number of carbonyl (C=O) groups is 1. The largest absolute Gasteiger partial charge is 0.352 e. The maximum atomic E-state index is 12.2. The molecule has 7 nitrogen and oxygen atoms in total. The molecule has 2 aromatic rings. The lowest BCUT2D eigenvalue weighted by Crippen LogP contribution is -2.31. The van der Waals surface area contributed by atoms with Crippen LogP contribution in [0.25, 0.3) is 11.0 Å². The lowest BCUT2D eigenvalue weighted by Gasteiger charge is -2.16. The summed E-state index contributed by atoms with van der Waals surface area (Å²) in [5.41, 5.74) is 9.13. The molecule has 130 valence electrons. The smallest absolute Gasteiger partial charge is 0.273 e. The molecular weight excluding hydrogens is 306 g/mol. The van der Waals surface area contributed by atoms with Gasteiger partial charge in [0.2, 0.25) is 5.91 Å². The molecule has 1 amide bonds. The van der Waals surface area contributed by atoms with Crippen LogP contribution in [0.5, 0.6) is 0 Å². The number of aromatic nitrogens is 3. The molecule has 1 fully saturated rings. The third-order valence-electron chi connectivity index (χ3n) is 5.20. The SMILES string of the molecule is Cc1nc2c(c(C)c1CNC(=O)C[C@@H]1CCC[C@H]1N)c(=O)[nH]n2C. The number of carbonyl (C=O) groups excluding carboxylic acids is 1. The zero-order valence-electron chi connectivity index (χ0n) is 14.5. The number of fused-ring (bicyclic) bond motifs is 1. The second kappa shape index (κ2) is 6.39. The number of nitrogens with zero attached hydrogens (tertiary/aromatic N) is 2. The van der Waals surface area contributed by atoms with Crippen molar-refractivity contribution in [2.45, 2.75) is 52.1 Å². The molecule has 4 N–H and O–H groups in total. The van der Waals surface area contributed by atoms with Gasteiger partial charge in [0.15, 0.2) is 5.65 Å². The van der Waals surface area contributed by atoms with Crippen molar-refractivity contribution in [3.05, 3.63) is 27.2 Å². The lowest BCUT2D eigenvalue weighted by molar-refractivity contribution is -0.122. The summed E-state index contributed by atoms with van der Waals surface area (Å²) in [5, 5.41) is 6.28. The minimum Gasteiger partial charge on any atom is -0.352 e. The third-order valence-corrected chi connectivity index (χ3v) is 5.20. The van der Waals surface area contributed by atoms with Gasteiger partial charge in [0, 0.05) is 31.7 Å². The maximum Gasteiger partial charge on any atom is 0.273 e. The Balaban J connectivity index is 1.76. The molecule has 0 spiro atoms. The molecule has 0 saturated heterocycles. The van der Waals surface area contributed by atoms with Gasteiger partial charge in [-0.05, 0) is 43.7 Å². The number of nitrogens with one attached hydrogen (secondary N) is 2. The normalized spacial score (nSPS) is 20.7. The first kappa shape index (κ1) is 16.7. The van der Waals surface area contributed by atoms with Gasteiger partial charge in [-0.25, -0.2) is 4.98 Å². The van der Waals surface area contributed by atoms with E-state index in [1.807, 2.05) is 13.8 Å². The van der Waals surface area contributed by atoms with Crippen molar-refractivity contribution >= 4 is 16.9 Å². The van der Waals surface area contributed by atoms with Crippen molar-refractivity contribution in [1.82, 2.24) is 20.1 Å². The van der Waals surface area contributed by atoms with Crippen LogP contribution in [0.4, 0.5) is 0 Å². The molecule has 0 aliphatic heterocycles. The van der Waals surface area contributed by atoms with Crippen LogP contribution in [0.15, 0.2) is 4.79 Å². The van der Waals surface area contributed by atoms with Crippen LogP contribution >= 0.6 is 0 Å². The molecule has 2 atom stereocenters. The van der Waals surface area contributed by atoms with Crippen LogP contribution in [0, 0.1) is 19.8 Å². The quantitative estimate of drug-likeness (QED) is 0.777. The third kappa shape index (κ3) is 2.96. The fourth-order valence-electron chi connectivity index (χ4n) is 3.72. The van der Waals surface area contributed by atoms with Gasteiger partial charge in [0.05, 0.1) is 5.39 Å². The van der Waals surface area contributed by atoms with Crippen LogP contribution < -0.4 is 16.6 Å². The second-order valence-electron chi connectivity index (χ2n) is 6.84. The van der Waals surface area contributed by atoms with E-state index in [1.165, 1.54) is 0 Å². The van der Waals surface area contributed by atoms with Gasteiger partial charge >= 0.3 is 0 Å². The van der Waals surface area contributed by atoms with Gasteiger partial charge in [0.1, 0.15) is 0 Å². The van der Waals surface area contributed by atoms with Crippen molar-refractivity contribution in [2.75, 3.05) is 0 Å². The van der Waals surface area contributed by atoms with Gasteiger partial charge in [0.25, 0.3) is 5.56 Å². The topological polar surface area (TPSA) is 106 Å². The first-order valence-electron chi connectivity index (χ1n) is 8.45. The van der Waals surface area contributed by atoms with Crippen molar-refractivity contribution in [2.24, 2.45) is 18.7 Å². The summed E-state index contributed by atoms with van der Waals surface area (Å²) in [4.78, 5) is 28.8. The summed E-state index contributed by atoms with van der Waals surface area (Å²) >= 11 is 0. The Hall–Kier alpha value is -2.15. The molecule has 0 radical (unpaired) electrons. The summed E-state index contributed by atoms with van der Waals surface area (Å²) in [5.74, 6) is 0.294. The van der Waals surface area contributed by atoms with E-state index in [2.05, 4.69) is 15.4 Å². The van der Waals surface area contributed by atoms with Crippen LogP contribution in [-0.2, 0) is 18.4 Å². The number of amides is 1. The van der Waals surface area contributed by atoms with E-state index in [0.717, 1.165) is 36.1 Å². The summed E-state index contributed by atoms with van der Waals surface area (Å²) in [7, 11) is 1.77. The Morgan fingerprint density at radius 3 is 2.83 bits per heavy atom. The van der Waals surface area contributed by atoms with Gasteiger partial charge in [-0.15, -0.1) is 0 Å². The molecule has 1 aliphatic rings. The van der Waals surface area contributed by atoms with E-state index in [1.54, 1.807) is 11.7 Å². The van der Waals surface area contributed by atoms with Crippen LogP contribution in [0.2, 0.25) is 0 Å². The van der Waals surface area contributed by atoms with Crippen molar-refractivity contribution < 1.29 is 4.79 Å². The number of hydrogen-bond donors (Lipinski definition) is 3. The van der Waals surface area contributed by atoms with Crippen molar-refractivity contribution in [3.63, 3.8) is 0 Å². The minimum atomic E-state index is -0.151. The van der Waals surface area contributed by atoms with Gasteiger partial charge < -0.3 is 11.1 Å². The average Bonchev–Trinajstić information content (AvgIpc) is 3.03. The number of H-pyrrole nitrogens is 1. The van der Waals surface area contributed by atoms with E-state index >= 15 is 0 Å². The number of nitrogens with two attached hydrogens (primary N) is 1. The Morgan fingerprint density at radius 1 is 1.42 bits per heavy atom. The predicted octanol–water partition coefficient (Wildman–Crippen LogP) is 1.01. The maximum absolute atomic E-state index is 12.2. The Kier molecular flexibility index (Phi) is 4.45. The van der Waals surface area contributed by atoms with Gasteiger partial charge in [-0.2, -0.15) is 0 Å². The Labute approximate surface area is 140 Å². The fraction of sp³-hybridized carbons (Fsp3) is 0.588. The highest BCUT2D eigenvalue weighted by Gasteiger charge is 2.26. The van der Waals surface area contributed by atoms with Crippen LogP contribution in [0.1, 0.15) is 42.5 Å². The number of aryl methyl sites for hydroxylation is 3. The fourth-order valence-corrected chi connectivity index (χ4v) is 3.72. The number of pyridine rings is 1. The van der Waals surface area contributed by atoms with Crippen LogP contribution in [-0.4, -0.2) is 26.7 Å². The predicted molar refractivity (Wildman–Crippen MR) is 92.6 cm³/mol.